The van der Waals surface area contributed by atoms with Crippen LogP contribution in [0.2, 0.25) is 0 Å². The number of carbonyl (C=O) groups is 1. The van der Waals surface area contributed by atoms with Gasteiger partial charge in [-0.1, -0.05) is 18.1 Å². The molecule has 4 heterocycles. The number of esters is 1. The van der Waals surface area contributed by atoms with Gasteiger partial charge in [-0.25, -0.2) is 4.98 Å². The molecule has 0 radical (unpaired) electrons. The first kappa shape index (κ1) is 41.9. The summed E-state index contributed by atoms with van der Waals surface area (Å²) in [6.07, 6.45) is 9.68. The van der Waals surface area contributed by atoms with E-state index in [2.05, 4.69) is 32.1 Å². The van der Waals surface area contributed by atoms with Crippen LogP contribution in [0, 0.1) is 23.7 Å². The van der Waals surface area contributed by atoms with Crippen LogP contribution < -0.4 is 26.3 Å². The molecule has 1 saturated carbocycles. The molecular weight excluding hydrogens is 765 g/mol. The number of fused-ring (bicyclic) bond motifs is 3. The van der Waals surface area contributed by atoms with Crippen LogP contribution in [0.25, 0.3) is 0 Å². The fourth-order valence-corrected chi connectivity index (χ4v) is 8.40. The predicted molar refractivity (Wildman–Crippen MR) is 225 cm³/mol. The van der Waals surface area contributed by atoms with Crippen LogP contribution in [0.1, 0.15) is 80.2 Å². The number of nitrogens with zero attached hydrogens (tertiary/aromatic N) is 3. The number of nitrogens with one attached hydrogen (secondary N) is 1. The van der Waals surface area contributed by atoms with E-state index in [1.54, 1.807) is 30.7 Å². The maximum absolute atomic E-state index is 12.3. The fourth-order valence-electron chi connectivity index (χ4n) is 8.40. The molecule has 3 aliphatic rings. The lowest BCUT2D eigenvalue weighted by Gasteiger charge is -2.39. The van der Waals surface area contributed by atoms with Gasteiger partial charge in [0, 0.05) is 69.7 Å². The second kappa shape index (κ2) is 19.7. The normalized spacial score (nSPS) is 24.0. The largest absolute Gasteiger partial charge is 0.504 e. The van der Waals surface area contributed by atoms with Gasteiger partial charge in [0.15, 0.2) is 29.0 Å². The van der Waals surface area contributed by atoms with Crippen molar-refractivity contribution in [3.63, 3.8) is 0 Å². The number of pyridine rings is 2. The van der Waals surface area contributed by atoms with Crippen LogP contribution in [0.5, 0.6) is 28.7 Å². The van der Waals surface area contributed by atoms with E-state index in [-0.39, 0.29) is 53.6 Å². The summed E-state index contributed by atoms with van der Waals surface area (Å²) in [7, 11) is 0. The molecule has 4 aromatic rings. The van der Waals surface area contributed by atoms with E-state index in [4.69, 9.17) is 30.4 Å². The summed E-state index contributed by atoms with van der Waals surface area (Å²) in [5, 5.41) is 36.0. The number of aromatic hydroxyl groups is 3. The molecule has 316 valence electrons. The topological polar surface area (TPSA) is 217 Å². The quantitative estimate of drug-likeness (QED) is 0.0254. The first-order valence-corrected chi connectivity index (χ1v) is 20.7. The molecule has 0 spiro atoms. The lowest BCUT2D eigenvalue weighted by atomic mass is 9.81. The van der Waals surface area contributed by atoms with E-state index < -0.39 is 24.3 Å². The first-order valence-electron chi connectivity index (χ1n) is 20.7. The Labute approximate surface area is 350 Å². The number of nitrogens with two attached hydrogens (primary N) is 2. The molecule has 14 nitrogen and oxygen atoms in total. The Morgan fingerprint density at radius 3 is 2.72 bits per heavy atom. The summed E-state index contributed by atoms with van der Waals surface area (Å²) >= 11 is 0. The Kier molecular flexibility index (Phi) is 13.8. The minimum Gasteiger partial charge on any atom is -0.504 e. The molecule has 1 aliphatic carbocycles. The van der Waals surface area contributed by atoms with Gasteiger partial charge >= 0.3 is 5.97 Å². The maximum atomic E-state index is 12.3. The van der Waals surface area contributed by atoms with Crippen molar-refractivity contribution < 1.29 is 39.1 Å². The van der Waals surface area contributed by atoms with Crippen molar-refractivity contribution in [3.8, 4) is 40.6 Å². The third kappa shape index (κ3) is 11.1. The maximum Gasteiger partial charge on any atom is 0.302 e. The van der Waals surface area contributed by atoms with Crippen LogP contribution in [-0.2, 0) is 33.5 Å². The Balaban J connectivity index is 1.11. The Morgan fingerprint density at radius 2 is 1.90 bits per heavy atom. The van der Waals surface area contributed by atoms with E-state index in [9.17, 15) is 20.1 Å². The highest BCUT2D eigenvalue weighted by atomic mass is 16.6. The van der Waals surface area contributed by atoms with Crippen LogP contribution in [0.15, 0.2) is 78.2 Å². The highest BCUT2D eigenvalue weighted by Gasteiger charge is 2.39. The van der Waals surface area contributed by atoms with Crippen LogP contribution >= 0.6 is 0 Å². The second-order valence-corrected chi connectivity index (χ2v) is 15.8. The average Bonchev–Trinajstić information content (AvgIpc) is 3.25. The number of benzene rings is 2. The number of ether oxygens (including phenoxy) is 4. The molecule has 60 heavy (non-hydrogen) atoms. The van der Waals surface area contributed by atoms with Gasteiger partial charge in [-0.05, 0) is 103 Å². The predicted octanol–water partition coefficient (Wildman–Crippen LogP) is 5.67. The molecule has 7 rings (SSSR count). The number of hydrogen-bond acceptors (Lipinski definition) is 12. The molecule has 2 aromatic carbocycles. The highest BCUT2D eigenvalue weighted by molar-refractivity contribution is 5.78. The number of aliphatic imine (C=N–C) groups is 1. The van der Waals surface area contributed by atoms with Gasteiger partial charge in [-0.15, -0.1) is 5.92 Å². The average molecular weight is 819 g/mol. The molecule has 2 fully saturated rings. The summed E-state index contributed by atoms with van der Waals surface area (Å²) in [6.45, 7) is 2.16. The van der Waals surface area contributed by atoms with E-state index in [1.165, 1.54) is 13.0 Å². The summed E-state index contributed by atoms with van der Waals surface area (Å²) in [5.74, 6) is 6.87. The number of phenols is 3. The number of nitrogen functional groups attached to an aromatic ring is 1. The first-order chi connectivity index (χ1) is 29.1. The Morgan fingerprint density at radius 1 is 1.02 bits per heavy atom. The van der Waals surface area contributed by atoms with Crippen molar-refractivity contribution >= 4 is 17.7 Å². The number of hydrogen-bond donors (Lipinski definition) is 6. The van der Waals surface area contributed by atoms with Crippen molar-refractivity contribution in [2.24, 2.45) is 22.6 Å². The Bertz CT molecular complexity index is 2190. The van der Waals surface area contributed by atoms with E-state index >= 15 is 0 Å². The molecule has 2 aliphatic heterocycles. The summed E-state index contributed by atoms with van der Waals surface area (Å²) in [6, 6.07) is 16.0. The van der Waals surface area contributed by atoms with Crippen molar-refractivity contribution in [2.75, 3.05) is 18.9 Å². The standard InChI is InChI=1S/C46H54N6O8/c1-28(53)58-34-25-40(60-41(26-34)33-23-38(55)45(56)43(24-33)57-19-15-30-7-4-16-49-27-30)32-8-2-9-35-36(52-46(48)51-17-5-6-29-14-18-50-44(47)22-29)10-3-11-39(35)59-42-21-31(20-32)12-13-37(42)54/h4,7,12-14,16,18,21-24,27,32,34-36,39-41,54-56H,3,5-6,8,10-11,15,17,19-20,25-26H2,1H3,(H2,47,50)(H3,48,51,52)/t32-,34+,35-,36-,39+,40+,41-/m0/s1. The van der Waals surface area contributed by atoms with E-state index in [0.717, 1.165) is 48.8 Å². The molecule has 0 unspecified atom stereocenters. The van der Waals surface area contributed by atoms with Crippen molar-refractivity contribution in [3.05, 3.63) is 95.4 Å². The number of rotatable bonds is 12. The summed E-state index contributed by atoms with van der Waals surface area (Å²) < 4.78 is 25.2. The zero-order valence-electron chi connectivity index (χ0n) is 33.8. The lowest BCUT2D eigenvalue weighted by Crippen LogP contribution is -2.50. The number of anilines is 1. The summed E-state index contributed by atoms with van der Waals surface area (Å²) in [5.41, 5.74) is 15.9. The highest BCUT2D eigenvalue weighted by Crippen LogP contribution is 2.44. The molecular formula is C46H54N6O8. The second-order valence-electron chi connectivity index (χ2n) is 15.8. The van der Waals surface area contributed by atoms with Gasteiger partial charge in [0.1, 0.15) is 18.0 Å². The fraction of sp³-hybridized carbons (Fsp3) is 0.435. The van der Waals surface area contributed by atoms with Crippen LogP contribution in [0.3, 0.4) is 0 Å². The van der Waals surface area contributed by atoms with Crippen molar-refractivity contribution in [2.45, 2.75) is 102 Å². The van der Waals surface area contributed by atoms with Gasteiger partial charge in [-0.3, -0.25) is 14.8 Å². The van der Waals surface area contributed by atoms with Gasteiger partial charge in [0.05, 0.1) is 24.7 Å². The number of phenolic OH excluding ortho intramolecular Hbond substituents is 3. The number of guanidine groups is 1. The van der Waals surface area contributed by atoms with Crippen LogP contribution in [-0.4, -0.2) is 74.7 Å². The van der Waals surface area contributed by atoms with Crippen LogP contribution in [0.4, 0.5) is 5.82 Å². The molecule has 0 amide bonds. The van der Waals surface area contributed by atoms with Gasteiger partial charge < -0.3 is 51.1 Å². The van der Waals surface area contributed by atoms with Gasteiger partial charge in [-0.2, -0.15) is 0 Å². The lowest BCUT2D eigenvalue weighted by molar-refractivity contribution is -0.164. The minimum atomic E-state index is -0.605. The third-order valence-electron chi connectivity index (χ3n) is 11.3. The number of aromatic nitrogens is 2. The summed E-state index contributed by atoms with van der Waals surface area (Å²) in [4.78, 5) is 25.1. The number of aryl methyl sites for hydroxylation is 1. The number of carbonyl (C=O) groups excluding carboxylic acids is 1. The van der Waals surface area contributed by atoms with E-state index in [0.29, 0.717) is 61.7 Å². The molecule has 7 atom stereocenters. The van der Waals surface area contributed by atoms with E-state index in [1.807, 2.05) is 36.4 Å². The van der Waals surface area contributed by atoms with Gasteiger partial charge in [0.25, 0.3) is 0 Å². The zero-order valence-corrected chi connectivity index (χ0v) is 33.8. The zero-order chi connectivity index (χ0) is 42.0. The molecule has 14 heteroatoms. The van der Waals surface area contributed by atoms with Crippen molar-refractivity contribution in [1.29, 1.82) is 0 Å². The molecule has 8 N–H and O–H groups in total. The SMILES string of the molecule is CC(=O)O[C@H]1C[C@@H](c2cc(O)c(O)c(OCCc3cccnc3)c2)O[C@@H]([C@H]2CC#C[C@H]3[C@@H](NC(N)=NCCCc4ccnc(N)c4)CCC[C@H]3Oc3cc(ccc3O)C2)C1. The Hall–Kier alpha value is -6.20. The third-order valence-corrected chi connectivity index (χ3v) is 11.3. The molecule has 2 aromatic heterocycles. The molecule has 2 bridgehead atoms. The monoisotopic (exact) mass is 818 g/mol. The van der Waals surface area contributed by atoms with Crippen molar-refractivity contribution in [1.82, 2.24) is 15.3 Å². The molecule has 1 saturated heterocycles. The van der Waals surface area contributed by atoms with Gasteiger partial charge in [0.2, 0.25) is 5.75 Å². The smallest absolute Gasteiger partial charge is 0.302 e. The minimum absolute atomic E-state index is 0.0443.